The Morgan fingerprint density at radius 2 is 2.04 bits per heavy atom. The van der Waals surface area contributed by atoms with E-state index in [1.807, 2.05) is 18.2 Å². The third-order valence-corrected chi connectivity index (χ3v) is 4.70. The summed E-state index contributed by atoms with van der Waals surface area (Å²) in [4.78, 5) is 29.0. The van der Waals surface area contributed by atoms with Gasteiger partial charge in [0.2, 0.25) is 0 Å². The molecule has 1 atom stereocenters. The number of nitrogens with zero attached hydrogens (tertiary/aromatic N) is 1. The van der Waals surface area contributed by atoms with Crippen LogP contribution in [0.1, 0.15) is 48.2 Å². The van der Waals surface area contributed by atoms with Crippen molar-refractivity contribution in [2.75, 3.05) is 20.8 Å². The highest BCUT2D eigenvalue weighted by Crippen LogP contribution is 2.40. The fourth-order valence-corrected chi connectivity index (χ4v) is 3.25. The van der Waals surface area contributed by atoms with Crippen LogP contribution in [0.5, 0.6) is 5.75 Å². The van der Waals surface area contributed by atoms with Crippen LogP contribution in [-0.4, -0.2) is 48.3 Å². The van der Waals surface area contributed by atoms with E-state index in [1.54, 1.807) is 20.1 Å². The van der Waals surface area contributed by atoms with Gasteiger partial charge in [-0.05, 0) is 44.0 Å². The predicted molar refractivity (Wildman–Crippen MR) is 100 cm³/mol. The summed E-state index contributed by atoms with van der Waals surface area (Å²) < 4.78 is 10.4. The van der Waals surface area contributed by atoms with Crippen molar-refractivity contribution in [1.29, 1.82) is 0 Å². The molecule has 2 N–H and O–H groups in total. The van der Waals surface area contributed by atoms with E-state index in [2.05, 4.69) is 10.3 Å². The van der Waals surface area contributed by atoms with Crippen molar-refractivity contribution < 1.29 is 24.2 Å². The molecule has 7 nitrogen and oxygen atoms in total. The predicted octanol–water partition coefficient (Wildman–Crippen LogP) is 2.73. The number of carbonyl (C=O) groups excluding carboxylic acids is 1. The Balaban J connectivity index is 2.02. The van der Waals surface area contributed by atoms with E-state index in [0.717, 1.165) is 24.1 Å². The van der Waals surface area contributed by atoms with Gasteiger partial charge in [-0.3, -0.25) is 14.6 Å². The van der Waals surface area contributed by atoms with Gasteiger partial charge in [-0.25, -0.2) is 0 Å². The third-order valence-electron chi connectivity index (χ3n) is 4.70. The minimum atomic E-state index is -1.02. The summed E-state index contributed by atoms with van der Waals surface area (Å²) in [6.07, 6.45) is 1.89. The Morgan fingerprint density at radius 1 is 1.30 bits per heavy atom. The van der Waals surface area contributed by atoms with Gasteiger partial charge in [0.1, 0.15) is 5.75 Å². The zero-order valence-corrected chi connectivity index (χ0v) is 15.7. The van der Waals surface area contributed by atoms with E-state index in [9.17, 15) is 14.7 Å². The Kier molecular flexibility index (Phi) is 5.32. The first-order valence-corrected chi connectivity index (χ1v) is 8.87. The van der Waals surface area contributed by atoms with Gasteiger partial charge in [0.15, 0.2) is 0 Å². The maximum Gasteiger partial charge on any atom is 0.305 e. The SMILES string of the molecule is COCC(C)(CC(=O)O)NC(=O)c1cc(C2CC2)nc2ccc(OC)cc12. The Bertz CT molecular complexity index is 878. The molecule has 0 aliphatic heterocycles. The first-order valence-electron chi connectivity index (χ1n) is 8.87. The van der Waals surface area contributed by atoms with Crippen LogP contribution in [0.15, 0.2) is 24.3 Å². The molecule has 1 aliphatic rings. The van der Waals surface area contributed by atoms with Crippen molar-refractivity contribution in [1.82, 2.24) is 10.3 Å². The molecule has 0 bridgehead atoms. The number of pyridine rings is 1. The van der Waals surface area contributed by atoms with Gasteiger partial charge in [0.05, 0.1) is 36.8 Å². The van der Waals surface area contributed by atoms with Gasteiger partial charge in [-0.1, -0.05) is 0 Å². The second-order valence-electron chi connectivity index (χ2n) is 7.27. The zero-order chi connectivity index (χ0) is 19.6. The number of hydrogen-bond donors (Lipinski definition) is 2. The minimum absolute atomic E-state index is 0.0901. The first kappa shape index (κ1) is 19.1. The molecule has 2 aromatic rings. The molecule has 1 aromatic heterocycles. The maximum absolute atomic E-state index is 13.1. The standard InChI is InChI=1S/C20H24N2O5/c1-20(11-26-2,10-18(23)24)22-19(25)15-9-17(12-4-5-12)21-16-7-6-13(27-3)8-14(15)16/h6-9,12H,4-5,10-11H2,1-3H3,(H,22,25)(H,23,24). The highest BCUT2D eigenvalue weighted by Gasteiger charge is 2.32. The average molecular weight is 372 g/mol. The summed E-state index contributed by atoms with van der Waals surface area (Å²) in [5.41, 5.74) is 1.06. The Hall–Kier alpha value is -2.67. The molecule has 144 valence electrons. The molecule has 1 aliphatic carbocycles. The van der Waals surface area contributed by atoms with Crippen LogP contribution in [0, 0.1) is 0 Å². The number of aromatic nitrogens is 1. The zero-order valence-electron chi connectivity index (χ0n) is 15.7. The van der Waals surface area contributed by atoms with Crippen LogP contribution >= 0.6 is 0 Å². The normalized spacial score (nSPS) is 16.0. The molecule has 7 heteroatoms. The quantitative estimate of drug-likeness (QED) is 0.739. The number of hydrogen-bond acceptors (Lipinski definition) is 5. The van der Waals surface area contributed by atoms with Gasteiger partial charge in [-0.2, -0.15) is 0 Å². The monoisotopic (exact) mass is 372 g/mol. The van der Waals surface area contributed by atoms with Crippen molar-refractivity contribution in [3.8, 4) is 5.75 Å². The number of ether oxygens (including phenoxy) is 2. The van der Waals surface area contributed by atoms with E-state index >= 15 is 0 Å². The molecular weight excluding hydrogens is 348 g/mol. The van der Waals surface area contributed by atoms with Crippen LogP contribution in [0.3, 0.4) is 0 Å². The van der Waals surface area contributed by atoms with Crippen molar-refractivity contribution in [2.24, 2.45) is 0 Å². The molecule has 0 spiro atoms. The van der Waals surface area contributed by atoms with Crippen molar-refractivity contribution in [3.05, 3.63) is 35.5 Å². The lowest BCUT2D eigenvalue weighted by Crippen LogP contribution is -2.50. The summed E-state index contributed by atoms with van der Waals surface area (Å²) in [7, 11) is 3.04. The summed E-state index contributed by atoms with van der Waals surface area (Å²) >= 11 is 0. The van der Waals surface area contributed by atoms with E-state index in [4.69, 9.17) is 9.47 Å². The van der Waals surface area contributed by atoms with Crippen LogP contribution in [-0.2, 0) is 9.53 Å². The van der Waals surface area contributed by atoms with E-state index < -0.39 is 11.5 Å². The van der Waals surface area contributed by atoms with Crippen molar-refractivity contribution in [3.63, 3.8) is 0 Å². The number of rotatable bonds is 8. The van der Waals surface area contributed by atoms with Gasteiger partial charge >= 0.3 is 5.97 Å². The second kappa shape index (κ2) is 7.52. The smallest absolute Gasteiger partial charge is 0.305 e. The summed E-state index contributed by atoms with van der Waals surface area (Å²) in [5, 5.41) is 12.7. The van der Waals surface area contributed by atoms with Crippen molar-refractivity contribution >= 4 is 22.8 Å². The van der Waals surface area contributed by atoms with Crippen LogP contribution in [0.2, 0.25) is 0 Å². The van der Waals surface area contributed by atoms with Crippen LogP contribution in [0.4, 0.5) is 0 Å². The molecule has 1 fully saturated rings. The van der Waals surface area contributed by atoms with Crippen LogP contribution < -0.4 is 10.1 Å². The van der Waals surface area contributed by atoms with E-state index in [1.165, 1.54) is 7.11 Å². The average Bonchev–Trinajstić information content (AvgIpc) is 3.44. The van der Waals surface area contributed by atoms with E-state index in [-0.39, 0.29) is 18.9 Å². The molecule has 1 unspecified atom stereocenters. The lowest BCUT2D eigenvalue weighted by Gasteiger charge is -2.28. The first-order chi connectivity index (χ1) is 12.8. The summed E-state index contributed by atoms with van der Waals surface area (Å²) in [6, 6.07) is 7.23. The van der Waals surface area contributed by atoms with E-state index in [0.29, 0.717) is 22.6 Å². The molecular formula is C20H24N2O5. The molecule has 1 aromatic carbocycles. The third kappa shape index (κ3) is 4.36. The molecule has 0 radical (unpaired) electrons. The number of carboxylic acid groups (broad SMARTS) is 1. The van der Waals surface area contributed by atoms with Gasteiger partial charge < -0.3 is 19.9 Å². The number of carbonyl (C=O) groups is 2. The molecule has 1 saturated carbocycles. The summed E-state index contributed by atoms with van der Waals surface area (Å²) in [5.74, 6) is -0.344. The molecule has 0 saturated heterocycles. The maximum atomic E-state index is 13.1. The lowest BCUT2D eigenvalue weighted by molar-refractivity contribution is -0.139. The number of fused-ring (bicyclic) bond motifs is 1. The largest absolute Gasteiger partial charge is 0.497 e. The fraction of sp³-hybridized carbons (Fsp3) is 0.450. The molecule has 3 rings (SSSR count). The second-order valence-corrected chi connectivity index (χ2v) is 7.27. The fourth-order valence-electron chi connectivity index (χ4n) is 3.25. The Morgan fingerprint density at radius 3 is 2.63 bits per heavy atom. The van der Waals surface area contributed by atoms with Gasteiger partial charge in [0.25, 0.3) is 5.91 Å². The van der Waals surface area contributed by atoms with Crippen molar-refractivity contribution in [2.45, 2.75) is 37.6 Å². The Labute approximate surface area is 157 Å². The topological polar surface area (TPSA) is 97.8 Å². The molecule has 1 heterocycles. The van der Waals surface area contributed by atoms with Gasteiger partial charge in [-0.15, -0.1) is 0 Å². The number of benzene rings is 1. The molecule has 1 amide bonds. The number of nitrogens with one attached hydrogen (secondary N) is 1. The minimum Gasteiger partial charge on any atom is -0.497 e. The lowest BCUT2D eigenvalue weighted by atomic mass is 9.97. The number of aliphatic carboxylic acids is 1. The number of amides is 1. The number of carboxylic acids is 1. The highest BCUT2D eigenvalue weighted by atomic mass is 16.5. The molecule has 27 heavy (non-hydrogen) atoms. The highest BCUT2D eigenvalue weighted by molar-refractivity contribution is 6.07. The van der Waals surface area contributed by atoms with Crippen LogP contribution in [0.25, 0.3) is 10.9 Å². The van der Waals surface area contributed by atoms with Gasteiger partial charge in [0, 0.05) is 24.1 Å². The summed E-state index contributed by atoms with van der Waals surface area (Å²) in [6.45, 7) is 1.75. The number of methoxy groups -OCH3 is 2.